The molecule has 0 spiro atoms. The Morgan fingerprint density at radius 1 is 1.00 bits per heavy atom. The maximum Gasteiger partial charge on any atom is 0.432 e. The summed E-state index contributed by atoms with van der Waals surface area (Å²) in [5.74, 6) is -2.05. The summed E-state index contributed by atoms with van der Waals surface area (Å²) in [5, 5.41) is 0. The van der Waals surface area contributed by atoms with Gasteiger partial charge in [-0.3, -0.25) is 0 Å². The Labute approximate surface area is 168 Å². The highest BCUT2D eigenvalue weighted by Crippen LogP contribution is 2.37. The predicted octanol–water partition coefficient (Wildman–Crippen LogP) is 6.78. The zero-order valence-electron chi connectivity index (χ0n) is 16.3. The van der Waals surface area contributed by atoms with E-state index in [1.54, 1.807) is 12.1 Å². The lowest BCUT2D eigenvalue weighted by Gasteiger charge is -2.27. The summed E-state index contributed by atoms with van der Waals surface area (Å²) >= 11 is 0. The van der Waals surface area contributed by atoms with Crippen LogP contribution < -0.4 is 9.47 Å². The van der Waals surface area contributed by atoms with Gasteiger partial charge in [0.05, 0.1) is 0 Å². The molecule has 6 heteroatoms. The van der Waals surface area contributed by atoms with Crippen molar-refractivity contribution in [2.24, 2.45) is 5.92 Å². The van der Waals surface area contributed by atoms with Gasteiger partial charge in [0.25, 0.3) is 0 Å². The second kappa shape index (κ2) is 8.89. The van der Waals surface area contributed by atoms with Crippen molar-refractivity contribution < 1.29 is 27.0 Å². The average Bonchev–Trinajstić information content (AvgIpc) is 2.72. The van der Waals surface area contributed by atoms with Gasteiger partial charge in [0.15, 0.2) is 18.2 Å². The summed E-state index contributed by atoms with van der Waals surface area (Å²) in [4.78, 5) is 0. The minimum atomic E-state index is -3.70. The third kappa shape index (κ3) is 5.31. The van der Waals surface area contributed by atoms with Gasteiger partial charge in [-0.2, -0.15) is 13.2 Å². The Kier molecular flexibility index (Phi) is 6.50. The largest absolute Gasteiger partial charge is 0.480 e. The van der Waals surface area contributed by atoms with Crippen LogP contribution in [0, 0.1) is 24.5 Å². The first kappa shape index (κ1) is 21.2. The van der Waals surface area contributed by atoms with Gasteiger partial charge < -0.3 is 9.47 Å². The smallest absolute Gasteiger partial charge is 0.432 e. The van der Waals surface area contributed by atoms with Gasteiger partial charge in [-0.05, 0) is 73.8 Å². The summed E-state index contributed by atoms with van der Waals surface area (Å²) in [6.07, 6.45) is 2.54. The summed E-state index contributed by atoms with van der Waals surface area (Å²) in [6, 6.07) is 8.94. The van der Waals surface area contributed by atoms with Crippen LogP contribution >= 0.6 is 0 Å². The van der Waals surface area contributed by atoms with Crippen LogP contribution in [0.4, 0.5) is 17.6 Å². The fourth-order valence-electron chi connectivity index (χ4n) is 3.60. The minimum Gasteiger partial charge on any atom is -0.480 e. The number of hydrogen-bond acceptors (Lipinski definition) is 2. The van der Waals surface area contributed by atoms with Crippen LogP contribution in [-0.4, -0.2) is 12.7 Å². The van der Waals surface area contributed by atoms with E-state index in [-0.39, 0.29) is 11.3 Å². The van der Waals surface area contributed by atoms with Crippen LogP contribution in [0.25, 0.3) is 0 Å². The molecule has 1 aliphatic carbocycles. The Hall–Kier alpha value is -2.50. The van der Waals surface area contributed by atoms with E-state index < -0.39 is 30.1 Å². The third-order valence-corrected chi connectivity index (χ3v) is 5.36. The molecule has 0 heterocycles. The number of benzene rings is 2. The molecule has 0 saturated heterocycles. The first-order valence-electron chi connectivity index (χ1n) is 9.66. The van der Waals surface area contributed by atoms with Gasteiger partial charge in [0.2, 0.25) is 5.82 Å². The first-order valence-corrected chi connectivity index (χ1v) is 9.66. The fourth-order valence-corrected chi connectivity index (χ4v) is 3.60. The van der Waals surface area contributed by atoms with Crippen LogP contribution in [0.2, 0.25) is 0 Å². The van der Waals surface area contributed by atoms with E-state index in [0.717, 1.165) is 37.3 Å². The highest BCUT2D eigenvalue weighted by Gasteiger charge is 2.34. The molecule has 0 unspecified atom stereocenters. The summed E-state index contributed by atoms with van der Waals surface area (Å²) in [6.45, 7) is 3.97. The molecule has 0 atom stereocenters. The lowest BCUT2D eigenvalue weighted by molar-refractivity contribution is -0.195. The predicted molar refractivity (Wildman–Crippen MR) is 104 cm³/mol. The molecule has 29 heavy (non-hydrogen) atoms. The van der Waals surface area contributed by atoms with Crippen LogP contribution in [-0.2, 0) is 0 Å². The number of hydrogen-bond donors (Lipinski definition) is 0. The van der Waals surface area contributed by atoms with Crippen molar-refractivity contribution in [3.8, 4) is 11.5 Å². The molecule has 1 aliphatic rings. The van der Waals surface area contributed by atoms with Crippen LogP contribution in [0.5, 0.6) is 11.5 Å². The molecule has 0 amide bonds. The summed E-state index contributed by atoms with van der Waals surface area (Å²) in [7, 11) is 0. The van der Waals surface area contributed by atoms with E-state index >= 15 is 0 Å². The number of ether oxygens (including phenoxy) is 2. The standard InChI is InChI=1S/C23H24F4O2/c1-3-16-5-7-17(8-6-16)18-9-11-19(12-10-18)29-23(26,27)14-28-20-13-4-15(2)21(24)22(20)25/h3-4,9-13,16-17H,1,5-8,14H2,2H3. The molecule has 0 bridgehead atoms. The number of rotatable bonds is 7. The van der Waals surface area contributed by atoms with Crippen molar-refractivity contribution in [1.29, 1.82) is 0 Å². The van der Waals surface area contributed by atoms with Gasteiger partial charge in [0.1, 0.15) is 5.75 Å². The zero-order valence-corrected chi connectivity index (χ0v) is 16.3. The minimum absolute atomic E-state index is 0.0160. The fraction of sp³-hybridized carbons (Fsp3) is 0.391. The van der Waals surface area contributed by atoms with Crippen molar-refractivity contribution in [3.63, 3.8) is 0 Å². The van der Waals surface area contributed by atoms with Gasteiger partial charge in [-0.25, -0.2) is 4.39 Å². The van der Waals surface area contributed by atoms with E-state index in [9.17, 15) is 17.6 Å². The molecule has 1 saturated carbocycles. The molecule has 2 aromatic rings. The van der Waals surface area contributed by atoms with Crippen molar-refractivity contribution in [3.05, 3.63) is 71.8 Å². The number of halogens is 4. The summed E-state index contributed by atoms with van der Waals surface area (Å²) in [5.41, 5.74) is 1.16. The van der Waals surface area contributed by atoms with Crippen LogP contribution in [0.15, 0.2) is 49.1 Å². The van der Waals surface area contributed by atoms with Crippen molar-refractivity contribution in [2.75, 3.05) is 6.61 Å². The second-order valence-electron chi connectivity index (χ2n) is 7.45. The molecule has 0 N–H and O–H groups in total. The van der Waals surface area contributed by atoms with Gasteiger partial charge in [-0.15, -0.1) is 6.58 Å². The molecule has 3 rings (SSSR count). The normalized spacial score (nSPS) is 19.6. The number of aryl methyl sites for hydroxylation is 1. The third-order valence-electron chi connectivity index (χ3n) is 5.36. The maximum atomic E-state index is 14.1. The van der Waals surface area contributed by atoms with E-state index in [2.05, 4.69) is 6.58 Å². The Balaban J connectivity index is 1.57. The highest BCUT2D eigenvalue weighted by molar-refractivity contribution is 5.31. The molecule has 156 valence electrons. The van der Waals surface area contributed by atoms with E-state index in [4.69, 9.17) is 9.47 Å². The van der Waals surface area contributed by atoms with Crippen molar-refractivity contribution >= 4 is 0 Å². The Morgan fingerprint density at radius 3 is 2.28 bits per heavy atom. The summed E-state index contributed by atoms with van der Waals surface area (Å²) < 4.78 is 64.9. The molecule has 1 fully saturated rings. The molecular weight excluding hydrogens is 384 g/mol. The topological polar surface area (TPSA) is 18.5 Å². The van der Waals surface area contributed by atoms with Crippen molar-refractivity contribution in [1.82, 2.24) is 0 Å². The van der Waals surface area contributed by atoms with Gasteiger partial charge >= 0.3 is 6.11 Å². The Bertz CT molecular complexity index is 841. The number of allylic oxidation sites excluding steroid dienone is 1. The molecule has 0 radical (unpaired) electrons. The van der Waals surface area contributed by atoms with Gasteiger partial charge in [-0.1, -0.05) is 24.3 Å². The SMILES string of the molecule is C=CC1CCC(c2ccc(OC(F)(F)COc3ccc(C)c(F)c3F)cc2)CC1. The Morgan fingerprint density at radius 2 is 1.66 bits per heavy atom. The second-order valence-corrected chi connectivity index (χ2v) is 7.45. The zero-order chi connectivity index (χ0) is 21.0. The van der Waals surface area contributed by atoms with Gasteiger partial charge in [0, 0.05) is 0 Å². The monoisotopic (exact) mass is 408 g/mol. The molecule has 2 aromatic carbocycles. The highest BCUT2D eigenvalue weighted by atomic mass is 19.3. The molecule has 0 aromatic heterocycles. The van der Waals surface area contributed by atoms with E-state index in [1.165, 1.54) is 25.1 Å². The molecular formula is C23H24F4O2. The lowest BCUT2D eigenvalue weighted by Crippen LogP contribution is -2.32. The van der Waals surface area contributed by atoms with Crippen LogP contribution in [0.3, 0.4) is 0 Å². The molecule has 0 aliphatic heterocycles. The van der Waals surface area contributed by atoms with E-state index in [1.807, 2.05) is 6.08 Å². The van der Waals surface area contributed by atoms with Crippen molar-refractivity contribution in [2.45, 2.75) is 44.6 Å². The first-order chi connectivity index (χ1) is 13.8. The average molecular weight is 408 g/mol. The lowest BCUT2D eigenvalue weighted by atomic mass is 9.79. The number of alkyl halides is 2. The molecule has 2 nitrogen and oxygen atoms in total. The quantitative estimate of drug-likeness (QED) is 0.371. The van der Waals surface area contributed by atoms with Crippen LogP contribution in [0.1, 0.15) is 42.7 Å². The van der Waals surface area contributed by atoms with E-state index in [0.29, 0.717) is 11.8 Å². The maximum absolute atomic E-state index is 14.1.